The van der Waals surface area contributed by atoms with Gasteiger partial charge in [0.2, 0.25) is 0 Å². The standard InChI is InChI=1S/C16H17NO2/c1-18-15-9-7-14(8-10-15)16-17(19-16)12-11-13-5-3-2-4-6-13/h2-10,16H,11-12H2,1H3. The fourth-order valence-corrected chi connectivity index (χ4v) is 2.15. The van der Waals surface area contributed by atoms with Gasteiger partial charge in [0, 0.05) is 6.54 Å². The van der Waals surface area contributed by atoms with Gasteiger partial charge < -0.3 is 4.74 Å². The van der Waals surface area contributed by atoms with E-state index < -0.39 is 0 Å². The molecule has 0 aliphatic carbocycles. The van der Waals surface area contributed by atoms with Crippen molar-refractivity contribution in [3.05, 3.63) is 65.7 Å². The Balaban J connectivity index is 1.53. The van der Waals surface area contributed by atoms with Crippen LogP contribution in [0.15, 0.2) is 54.6 Å². The molecule has 0 saturated carbocycles. The predicted octanol–water partition coefficient (Wildman–Crippen LogP) is 3.18. The van der Waals surface area contributed by atoms with Gasteiger partial charge in [-0.15, -0.1) is 0 Å². The lowest BCUT2D eigenvalue weighted by Crippen LogP contribution is -2.04. The topological polar surface area (TPSA) is 24.8 Å². The van der Waals surface area contributed by atoms with Crippen LogP contribution in [0.1, 0.15) is 17.4 Å². The summed E-state index contributed by atoms with van der Waals surface area (Å²) >= 11 is 0. The molecule has 0 radical (unpaired) electrons. The Hall–Kier alpha value is -1.84. The molecule has 1 saturated heterocycles. The Bertz CT molecular complexity index is 524. The third-order valence-electron chi connectivity index (χ3n) is 3.32. The normalized spacial score (nSPS) is 21.1. The van der Waals surface area contributed by atoms with Crippen molar-refractivity contribution < 1.29 is 9.57 Å². The second kappa shape index (κ2) is 5.43. The molecule has 3 rings (SSSR count). The van der Waals surface area contributed by atoms with Gasteiger partial charge in [-0.1, -0.05) is 42.5 Å². The first-order valence-corrected chi connectivity index (χ1v) is 6.48. The van der Waals surface area contributed by atoms with E-state index in [-0.39, 0.29) is 6.23 Å². The summed E-state index contributed by atoms with van der Waals surface area (Å²) in [4.78, 5) is 5.59. The van der Waals surface area contributed by atoms with Crippen LogP contribution in [0.2, 0.25) is 0 Å². The Kier molecular flexibility index (Phi) is 3.49. The zero-order valence-electron chi connectivity index (χ0n) is 11.0. The number of benzene rings is 2. The first-order valence-electron chi connectivity index (χ1n) is 6.48. The molecule has 0 N–H and O–H groups in total. The van der Waals surface area contributed by atoms with Crippen molar-refractivity contribution in [2.75, 3.05) is 13.7 Å². The second-order valence-corrected chi connectivity index (χ2v) is 4.61. The third-order valence-corrected chi connectivity index (χ3v) is 3.32. The van der Waals surface area contributed by atoms with E-state index >= 15 is 0 Å². The minimum Gasteiger partial charge on any atom is -0.497 e. The second-order valence-electron chi connectivity index (χ2n) is 4.61. The highest BCUT2D eigenvalue weighted by Gasteiger charge is 2.37. The van der Waals surface area contributed by atoms with Gasteiger partial charge in [0.25, 0.3) is 0 Å². The van der Waals surface area contributed by atoms with E-state index in [1.807, 2.05) is 35.4 Å². The third kappa shape index (κ3) is 2.95. The smallest absolute Gasteiger partial charge is 0.179 e. The highest BCUT2D eigenvalue weighted by atomic mass is 16.8. The Labute approximate surface area is 113 Å². The van der Waals surface area contributed by atoms with Crippen molar-refractivity contribution in [2.45, 2.75) is 12.6 Å². The molecule has 1 fully saturated rings. The van der Waals surface area contributed by atoms with Crippen molar-refractivity contribution >= 4 is 0 Å². The molecule has 1 heterocycles. The van der Waals surface area contributed by atoms with Crippen molar-refractivity contribution in [3.63, 3.8) is 0 Å². The van der Waals surface area contributed by atoms with E-state index in [1.165, 1.54) is 11.1 Å². The summed E-state index contributed by atoms with van der Waals surface area (Å²) in [5, 5.41) is 2.01. The summed E-state index contributed by atoms with van der Waals surface area (Å²) in [5.41, 5.74) is 2.51. The maximum Gasteiger partial charge on any atom is 0.179 e. The van der Waals surface area contributed by atoms with E-state index in [2.05, 4.69) is 24.3 Å². The van der Waals surface area contributed by atoms with Crippen molar-refractivity contribution in [3.8, 4) is 5.75 Å². The first-order chi connectivity index (χ1) is 9.36. The van der Waals surface area contributed by atoms with Crippen molar-refractivity contribution in [1.29, 1.82) is 0 Å². The summed E-state index contributed by atoms with van der Waals surface area (Å²) in [5.74, 6) is 0.875. The fourth-order valence-electron chi connectivity index (χ4n) is 2.15. The van der Waals surface area contributed by atoms with Crippen LogP contribution in [0.3, 0.4) is 0 Å². The van der Waals surface area contributed by atoms with Gasteiger partial charge in [-0.2, -0.15) is 5.06 Å². The summed E-state index contributed by atoms with van der Waals surface area (Å²) in [7, 11) is 1.68. The molecule has 19 heavy (non-hydrogen) atoms. The number of hydrogen-bond donors (Lipinski definition) is 0. The van der Waals surface area contributed by atoms with Crippen LogP contribution in [0.4, 0.5) is 0 Å². The van der Waals surface area contributed by atoms with E-state index in [0.29, 0.717) is 0 Å². The van der Waals surface area contributed by atoms with Crippen LogP contribution >= 0.6 is 0 Å². The molecule has 2 aromatic carbocycles. The maximum absolute atomic E-state index is 5.59. The average Bonchev–Trinajstić information content (AvgIpc) is 3.26. The SMILES string of the molecule is COc1ccc(C2ON2CCc2ccccc2)cc1. The molecule has 3 nitrogen and oxygen atoms in total. The molecule has 0 amide bonds. The monoisotopic (exact) mass is 255 g/mol. The molecule has 2 aromatic rings. The van der Waals surface area contributed by atoms with Gasteiger partial charge in [0.05, 0.1) is 7.11 Å². The van der Waals surface area contributed by atoms with Gasteiger partial charge in [-0.3, -0.25) is 4.84 Å². The number of ether oxygens (including phenoxy) is 1. The highest BCUT2D eigenvalue weighted by Crippen LogP contribution is 2.37. The Morgan fingerprint density at radius 3 is 2.47 bits per heavy atom. The molecule has 98 valence electrons. The molecule has 2 unspecified atom stereocenters. The molecule has 2 atom stereocenters. The lowest BCUT2D eigenvalue weighted by Gasteiger charge is -2.01. The van der Waals surface area contributed by atoms with E-state index in [1.54, 1.807) is 7.11 Å². The molecular weight excluding hydrogens is 238 g/mol. The van der Waals surface area contributed by atoms with Crippen molar-refractivity contribution in [1.82, 2.24) is 5.06 Å². The molecule has 1 aliphatic rings. The number of nitrogens with zero attached hydrogens (tertiary/aromatic N) is 1. The average molecular weight is 255 g/mol. The summed E-state index contributed by atoms with van der Waals surface area (Å²) < 4.78 is 5.15. The van der Waals surface area contributed by atoms with Crippen LogP contribution in [0.5, 0.6) is 5.75 Å². The number of methoxy groups -OCH3 is 1. The molecule has 1 aliphatic heterocycles. The van der Waals surface area contributed by atoms with Crippen LogP contribution in [0, 0.1) is 0 Å². The van der Waals surface area contributed by atoms with Crippen LogP contribution < -0.4 is 4.74 Å². The summed E-state index contributed by atoms with van der Waals surface area (Å²) in [6.07, 6.45) is 1.11. The largest absolute Gasteiger partial charge is 0.497 e. The fraction of sp³-hybridized carbons (Fsp3) is 0.250. The molecule has 0 spiro atoms. The van der Waals surface area contributed by atoms with Crippen molar-refractivity contribution in [2.24, 2.45) is 0 Å². The van der Waals surface area contributed by atoms with Gasteiger partial charge >= 0.3 is 0 Å². The van der Waals surface area contributed by atoms with E-state index in [4.69, 9.17) is 9.57 Å². The lowest BCUT2D eigenvalue weighted by molar-refractivity contribution is 0.200. The minimum absolute atomic E-state index is 0.106. The van der Waals surface area contributed by atoms with E-state index in [9.17, 15) is 0 Å². The van der Waals surface area contributed by atoms with Crippen LogP contribution in [-0.4, -0.2) is 18.7 Å². The first kappa shape index (κ1) is 12.2. The van der Waals surface area contributed by atoms with E-state index in [0.717, 1.165) is 18.7 Å². The molecular formula is C16H17NO2. The zero-order chi connectivity index (χ0) is 13.1. The van der Waals surface area contributed by atoms with Gasteiger partial charge in [-0.25, -0.2) is 0 Å². The summed E-state index contributed by atoms with van der Waals surface area (Å²) in [6.45, 7) is 0.917. The van der Waals surface area contributed by atoms with Crippen LogP contribution in [0.25, 0.3) is 0 Å². The minimum atomic E-state index is 0.106. The Morgan fingerprint density at radius 2 is 1.79 bits per heavy atom. The van der Waals surface area contributed by atoms with Gasteiger partial charge in [0.1, 0.15) is 5.75 Å². The zero-order valence-corrected chi connectivity index (χ0v) is 11.0. The van der Waals surface area contributed by atoms with Crippen LogP contribution in [-0.2, 0) is 11.3 Å². The molecule has 0 aromatic heterocycles. The number of hydroxylamine groups is 2. The lowest BCUT2D eigenvalue weighted by atomic mass is 10.1. The van der Waals surface area contributed by atoms with Gasteiger partial charge in [-0.05, 0) is 29.7 Å². The molecule has 0 bridgehead atoms. The quantitative estimate of drug-likeness (QED) is 0.767. The van der Waals surface area contributed by atoms with Gasteiger partial charge in [0.15, 0.2) is 6.23 Å². The number of hydrogen-bond acceptors (Lipinski definition) is 3. The highest BCUT2D eigenvalue weighted by molar-refractivity contribution is 5.29. The molecule has 3 heteroatoms. The summed E-state index contributed by atoms with van der Waals surface area (Å²) in [6, 6.07) is 18.5. The predicted molar refractivity (Wildman–Crippen MR) is 73.7 cm³/mol. The Morgan fingerprint density at radius 1 is 1.05 bits per heavy atom. The maximum atomic E-state index is 5.59. The number of rotatable bonds is 5.